The minimum Gasteiger partial charge on any atom is -0.478 e. The van der Waals surface area contributed by atoms with Gasteiger partial charge in [0.1, 0.15) is 0 Å². The van der Waals surface area contributed by atoms with Crippen LogP contribution >= 0.6 is 0 Å². The lowest BCUT2D eigenvalue weighted by Gasteiger charge is -2.12. The SMILES string of the molecule is CN(C)S(=O)(=O)NCc1ccc(C=CC(=O)O)cc1. The van der Waals surface area contributed by atoms with E-state index >= 15 is 0 Å². The first-order valence-electron chi connectivity index (χ1n) is 5.48. The molecule has 1 rings (SSSR count). The summed E-state index contributed by atoms with van der Waals surface area (Å²) in [5, 5.41) is 8.49. The largest absolute Gasteiger partial charge is 0.478 e. The molecule has 7 heteroatoms. The Balaban J connectivity index is 2.65. The van der Waals surface area contributed by atoms with E-state index in [1.807, 2.05) is 0 Å². The van der Waals surface area contributed by atoms with Crippen LogP contribution in [0, 0.1) is 0 Å². The van der Waals surface area contributed by atoms with Crippen LogP contribution in [-0.4, -0.2) is 37.9 Å². The Hall–Kier alpha value is -1.70. The summed E-state index contributed by atoms with van der Waals surface area (Å²) in [5.74, 6) is -1.01. The molecule has 19 heavy (non-hydrogen) atoms. The fourth-order valence-corrected chi connectivity index (χ4v) is 1.83. The van der Waals surface area contributed by atoms with Crippen molar-refractivity contribution in [3.8, 4) is 0 Å². The summed E-state index contributed by atoms with van der Waals surface area (Å²) in [6, 6.07) is 6.91. The molecule has 0 radical (unpaired) electrons. The van der Waals surface area contributed by atoms with E-state index < -0.39 is 16.2 Å². The second kappa shape index (κ2) is 6.46. The first kappa shape index (κ1) is 15.4. The summed E-state index contributed by atoms with van der Waals surface area (Å²) in [4.78, 5) is 10.3. The van der Waals surface area contributed by atoms with Gasteiger partial charge in [-0.25, -0.2) is 4.79 Å². The van der Waals surface area contributed by atoms with E-state index in [1.54, 1.807) is 24.3 Å². The van der Waals surface area contributed by atoms with Crippen molar-refractivity contribution in [2.45, 2.75) is 6.54 Å². The Kier molecular flexibility index (Phi) is 5.22. The van der Waals surface area contributed by atoms with Crippen molar-refractivity contribution in [3.05, 3.63) is 41.5 Å². The van der Waals surface area contributed by atoms with E-state index in [0.29, 0.717) is 0 Å². The smallest absolute Gasteiger partial charge is 0.328 e. The molecule has 0 saturated carbocycles. The van der Waals surface area contributed by atoms with Gasteiger partial charge in [0, 0.05) is 26.7 Å². The average Bonchev–Trinajstić information content (AvgIpc) is 2.35. The van der Waals surface area contributed by atoms with Crippen LogP contribution in [0.3, 0.4) is 0 Å². The first-order chi connectivity index (χ1) is 8.81. The van der Waals surface area contributed by atoms with Crippen molar-refractivity contribution in [3.63, 3.8) is 0 Å². The third kappa shape index (κ3) is 5.21. The van der Waals surface area contributed by atoms with Gasteiger partial charge in [-0.2, -0.15) is 17.4 Å². The molecule has 0 amide bonds. The Morgan fingerprint density at radius 1 is 1.32 bits per heavy atom. The van der Waals surface area contributed by atoms with Gasteiger partial charge < -0.3 is 5.11 Å². The fraction of sp³-hybridized carbons (Fsp3) is 0.250. The third-order valence-electron chi connectivity index (χ3n) is 2.34. The zero-order valence-electron chi connectivity index (χ0n) is 10.7. The van der Waals surface area contributed by atoms with Crippen molar-refractivity contribution in [1.29, 1.82) is 0 Å². The summed E-state index contributed by atoms with van der Waals surface area (Å²) in [6.45, 7) is 0.184. The van der Waals surface area contributed by atoms with Gasteiger partial charge in [0.15, 0.2) is 0 Å². The molecule has 0 heterocycles. The van der Waals surface area contributed by atoms with Crippen LogP contribution in [0.15, 0.2) is 30.3 Å². The van der Waals surface area contributed by atoms with Crippen LogP contribution in [0.4, 0.5) is 0 Å². The van der Waals surface area contributed by atoms with Crippen molar-refractivity contribution >= 4 is 22.3 Å². The molecule has 1 aromatic carbocycles. The highest BCUT2D eigenvalue weighted by molar-refractivity contribution is 7.87. The highest BCUT2D eigenvalue weighted by atomic mass is 32.2. The Bertz CT molecular complexity index is 562. The molecule has 0 aromatic heterocycles. The zero-order chi connectivity index (χ0) is 14.5. The third-order valence-corrected chi connectivity index (χ3v) is 3.81. The molecular formula is C12H16N2O4S. The van der Waals surface area contributed by atoms with Gasteiger partial charge in [0.05, 0.1) is 0 Å². The monoisotopic (exact) mass is 284 g/mol. The van der Waals surface area contributed by atoms with Crippen molar-refractivity contribution < 1.29 is 18.3 Å². The quantitative estimate of drug-likeness (QED) is 0.752. The van der Waals surface area contributed by atoms with Crippen LogP contribution in [0.25, 0.3) is 6.08 Å². The van der Waals surface area contributed by atoms with Crippen molar-refractivity contribution in [2.75, 3.05) is 14.1 Å². The molecule has 0 unspecified atom stereocenters. The fourth-order valence-electron chi connectivity index (χ4n) is 1.22. The number of nitrogens with one attached hydrogen (secondary N) is 1. The lowest BCUT2D eigenvalue weighted by atomic mass is 10.1. The molecule has 6 nitrogen and oxygen atoms in total. The number of hydrogen-bond acceptors (Lipinski definition) is 3. The molecule has 0 aliphatic carbocycles. The molecule has 0 saturated heterocycles. The zero-order valence-corrected chi connectivity index (χ0v) is 11.5. The van der Waals surface area contributed by atoms with Crippen molar-refractivity contribution in [2.24, 2.45) is 0 Å². The predicted octanol–water partition coefficient (Wildman–Crippen LogP) is 0.680. The number of nitrogens with zero attached hydrogens (tertiary/aromatic N) is 1. The van der Waals surface area contributed by atoms with Crippen LogP contribution in [0.5, 0.6) is 0 Å². The van der Waals surface area contributed by atoms with Gasteiger partial charge in [-0.1, -0.05) is 24.3 Å². The lowest BCUT2D eigenvalue weighted by Crippen LogP contribution is -2.35. The number of benzene rings is 1. The summed E-state index contributed by atoms with van der Waals surface area (Å²) >= 11 is 0. The maximum absolute atomic E-state index is 11.5. The first-order valence-corrected chi connectivity index (χ1v) is 6.92. The summed E-state index contributed by atoms with van der Waals surface area (Å²) in [7, 11) is -0.543. The number of rotatable bonds is 6. The number of carbonyl (C=O) groups is 1. The van der Waals surface area contributed by atoms with E-state index in [1.165, 1.54) is 20.2 Å². The number of carboxylic acids is 1. The van der Waals surface area contributed by atoms with Crippen LogP contribution in [0.2, 0.25) is 0 Å². The Morgan fingerprint density at radius 3 is 2.37 bits per heavy atom. The highest BCUT2D eigenvalue weighted by Crippen LogP contribution is 2.06. The molecule has 0 aliphatic rings. The number of aliphatic carboxylic acids is 1. The Morgan fingerprint density at radius 2 is 1.89 bits per heavy atom. The second-order valence-corrected chi connectivity index (χ2v) is 5.99. The van der Waals surface area contributed by atoms with Gasteiger partial charge in [-0.15, -0.1) is 0 Å². The van der Waals surface area contributed by atoms with E-state index in [4.69, 9.17) is 5.11 Å². The maximum atomic E-state index is 11.5. The van der Waals surface area contributed by atoms with Gasteiger partial charge in [-0.05, 0) is 17.2 Å². The highest BCUT2D eigenvalue weighted by Gasteiger charge is 2.11. The molecule has 0 bridgehead atoms. The van der Waals surface area contributed by atoms with E-state index in [9.17, 15) is 13.2 Å². The summed E-state index contributed by atoms with van der Waals surface area (Å²) in [6.07, 6.45) is 2.51. The minimum absolute atomic E-state index is 0.184. The lowest BCUT2D eigenvalue weighted by molar-refractivity contribution is -0.131. The molecule has 104 valence electrons. The normalized spacial score (nSPS) is 12.2. The van der Waals surface area contributed by atoms with Crippen LogP contribution < -0.4 is 4.72 Å². The summed E-state index contributed by atoms with van der Waals surface area (Å²) < 4.78 is 26.5. The number of carboxylic acid groups (broad SMARTS) is 1. The predicted molar refractivity (Wildman–Crippen MR) is 72.6 cm³/mol. The molecular weight excluding hydrogens is 268 g/mol. The van der Waals surface area contributed by atoms with Crippen LogP contribution in [-0.2, 0) is 21.5 Å². The van der Waals surface area contributed by atoms with Crippen LogP contribution in [0.1, 0.15) is 11.1 Å². The van der Waals surface area contributed by atoms with Gasteiger partial charge >= 0.3 is 5.97 Å². The second-order valence-electron chi connectivity index (χ2n) is 4.02. The van der Waals surface area contributed by atoms with E-state index in [0.717, 1.165) is 21.5 Å². The van der Waals surface area contributed by atoms with E-state index in [-0.39, 0.29) is 6.54 Å². The summed E-state index contributed by atoms with van der Waals surface area (Å²) in [5.41, 5.74) is 1.53. The molecule has 0 aliphatic heterocycles. The molecule has 1 aromatic rings. The van der Waals surface area contributed by atoms with E-state index in [2.05, 4.69) is 4.72 Å². The molecule has 0 fully saturated rings. The number of hydrogen-bond donors (Lipinski definition) is 2. The van der Waals surface area contributed by atoms with Crippen molar-refractivity contribution in [1.82, 2.24) is 9.03 Å². The topological polar surface area (TPSA) is 86.7 Å². The van der Waals surface area contributed by atoms with Gasteiger partial charge in [-0.3, -0.25) is 0 Å². The maximum Gasteiger partial charge on any atom is 0.328 e. The Labute approximate surface area is 112 Å². The molecule has 2 N–H and O–H groups in total. The average molecular weight is 284 g/mol. The molecule has 0 spiro atoms. The van der Waals surface area contributed by atoms with Gasteiger partial charge in [0.2, 0.25) is 0 Å². The van der Waals surface area contributed by atoms with Gasteiger partial charge in [0.25, 0.3) is 10.2 Å². The minimum atomic E-state index is -3.44. The molecule has 0 atom stereocenters. The standard InChI is InChI=1S/C12H16N2O4S/c1-14(2)19(17,18)13-9-11-5-3-10(4-6-11)7-8-12(15)16/h3-8,13H,9H2,1-2H3,(H,15,16).